The molecule has 1 aromatic carbocycles. The molecule has 0 radical (unpaired) electrons. The average Bonchev–Trinajstić information content (AvgIpc) is 2.40. The fourth-order valence-corrected chi connectivity index (χ4v) is 1.24. The SMILES string of the molecule is N#Cc1cnc(Oc2ccc(CN)cc2)cn1. The smallest absolute Gasteiger partial charge is 0.237 e. The van der Waals surface area contributed by atoms with E-state index in [9.17, 15) is 0 Å². The van der Waals surface area contributed by atoms with Crippen molar-refractivity contribution >= 4 is 0 Å². The van der Waals surface area contributed by atoms with Crippen molar-refractivity contribution in [3.05, 3.63) is 47.9 Å². The van der Waals surface area contributed by atoms with Crippen molar-refractivity contribution in [2.24, 2.45) is 5.73 Å². The third-order valence-electron chi connectivity index (χ3n) is 2.12. The number of ether oxygens (including phenoxy) is 1. The van der Waals surface area contributed by atoms with Gasteiger partial charge in [-0.25, -0.2) is 9.97 Å². The molecule has 5 nitrogen and oxygen atoms in total. The second kappa shape index (κ2) is 5.05. The van der Waals surface area contributed by atoms with E-state index in [0.717, 1.165) is 5.56 Å². The molecule has 17 heavy (non-hydrogen) atoms. The summed E-state index contributed by atoms with van der Waals surface area (Å²) in [5.41, 5.74) is 6.78. The summed E-state index contributed by atoms with van der Waals surface area (Å²) >= 11 is 0. The predicted octanol–water partition coefficient (Wildman–Crippen LogP) is 1.60. The zero-order valence-corrected chi connectivity index (χ0v) is 9.00. The quantitative estimate of drug-likeness (QED) is 0.859. The molecule has 0 spiro atoms. The van der Waals surface area contributed by atoms with E-state index in [-0.39, 0.29) is 5.69 Å². The van der Waals surface area contributed by atoms with E-state index in [4.69, 9.17) is 15.7 Å². The van der Waals surface area contributed by atoms with Gasteiger partial charge in [0.1, 0.15) is 11.8 Å². The Bertz CT molecular complexity index is 528. The summed E-state index contributed by atoms with van der Waals surface area (Å²) in [6, 6.07) is 9.27. The van der Waals surface area contributed by atoms with Crippen molar-refractivity contribution in [1.82, 2.24) is 9.97 Å². The van der Waals surface area contributed by atoms with Crippen LogP contribution in [0.3, 0.4) is 0 Å². The first-order valence-electron chi connectivity index (χ1n) is 5.01. The molecular formula is C12H10N4O. The van der Waals surface area contributed by atoms with Gasteiger partial charge in [0.2, 0.25) is 5.88 Å². The van der Waals surface area contributed by atoms with E-state index < -0.39 is 0 Å². The van der Waals surface area contributed by atoms with Gasteiger partial charge in [0.15, 0.2) is 5.69 Å². The maximum Gasteiger partial charge on any atom is 0.237 e. The van der Waals surface area contributed by atoms with Gasteiger partial charge in [0.05, 0.1) is 12.4 Å². The molecule has 0 aliphatic heterocycles. The van der Waals surface area contributed by atoms with Crippen molar-refractivity contribution < 1.29 is 4.74 Å². The normalized spacial score (nSPS) is 9.65. The molecule has 0 saturated carbocycles. The summed E-state index contributed by atoms with van der Waals surface area (Å²) in [5, 5.41) is 8.57. The van der Waals surface area contributed by atoms with Crippen molar-refractivity contribution in [3.63, 3.8) is 0 Å². The minimum Gasteiger partial charge on any atom is -0.438 e. The zero-order chi connectivity index (χ0) is 12.1. The molecule has 0 bridgehead atoms. The van der Waals surface area contributed by atoms with E-state index in [1.807, 2.05) is 30.3 Å². The Kier molecular flexibility index (Phi) is 3.28. The number of nitrogens with two attached hydrogens (primary N) is 1. The molecule has 0 saturated heterocycles. The monoisotopic (exact) mass is 226 g/mol. The van der Waals surface area contributed by atoms with Gasteiger partial charge in [-0.2, -0.15) is 5.26 Å². The van der Waals surface area contributed by atoms with Crippen LogP contribution in [0.5, 0.6) is 11.6 Å². The van der Waals surface area contributed by atoms with Gasteiger partial charge in [-0.3, -0.25) is 0 Å². The molecule has 1 heterocycles. The van der Waals surface area contributed by atoms with Crippen LogP contribution >= 0.6 is 0 Å². The summed E-state index contributed by atoms with van der Waals surface area (Å²) < 4.78 is 5.45. The Balaban J connectivity index is 2.11. The molecule has 2 rings (SSSR count). The number of hydrogen-bond acceptors (Lipinski definition) is 5. The minimum absolute atomic E-state index is 0.260. The lowest BCUT2D eigenvalue weighted by atomic mass is 10.2. The molecule has 1 aromatic heterocycles. The second-order valence-electron chi connectivity index (χ2n) is 3.30. The third kappa shape index (κ3) is 2.77. The maximum absolute atomic E-state index is 8.57. The maximum atomic E-state index is 8.57. The second-order valence-corrected chi connectivity index (χ2v) is 3.30. The highest BCUT2D eigenvalue weighted by Crippen LogP contribution is 2.18. The van der Waals surface area contributed by atoms with Gasteiger partial charge < -0.3 is 10.5 Å². The lowest BCUT2D eigenvalue weighted by molar-refractivity contribution is 0.459. The number of aromatic nitrogens is 2. The molecule has 0 aliphatic carbocycles. The van der Waals surface area contributed by atoms with Crippen LogP contribution in [-0.4, -0.2) is 9.97 Å². The van der Waals surface area contributed by atoms with Crippen LogP contribution in [0.4, 0.5) is 0 Å². The van der Waals surface area contributed by atoms with Gasteiger partial charge in [-0.05, 0) is 17.7 Å². The van der Waals surface area contributed by atoms with Crippen LogP contribution in [-0.2, 0) is 6.54 Å². The predicted molar refractivity (Wildman–Crippen MR) is 61.2 cm³/mol. The number of rotatable bonds is 3. The van der Waals surface area contributed by atoms with Crippen LogP contribution in [0.25, 0.3) is 0 Å². The molecule has 2 N–H and O–H groups in total. The third-order valence-corrected chi connectivity index (χ3v) is 2.12. The molecule has 0 atom stereocenters. The van der Waals surface area contributed by atoms with E-state index >= 15 is 0 Å². The summed E-state index contributed by atoms with van der Waals surface area (Å²) in [6.07, 6.45) is 2.78. The Morgan fingerprint density at radius 1 is 1.18 bits per heavy atom. The standard InChI is InChI=1S/C12H10N4O/c13-5-9-1-3-11(4-2-9)17-12-8-15-10(6-14)7-16-12/h1-4,7-8H,5,13H2. The van der Waals surface area contributed by atoms with Gasteiger partial charge in [-0.15, -0.1) is 0 Å². The molecule has 0 aliphatic rings. The van der Waals surface area contributed by atoms with Crippen molar-refractivity contribution in [1.29, 1.82) is 5.26 Å². The first-order valence-corrected chi connectivity index (χ1v) is 5.01. The van der Waals surface area contributed by atoms with Gasteiger partial charge in [0.25, 0.3) is 0 Å². The van der Waals surface area contributed by atoms with E-state index in [1.165, 1.54) is 12.4 Å². The highest BCUT2D eigenvalue weighted by atomic mass is 16.5. The van der Waals surface area contributed by atoms with Crippen molar-refractivity contribution in [3.8, 4) is 17.7 Å². The van der Waals surface area contributed by atoms with Gasteiger partial charge in [0, 0.05) is 6.54 Å². The van der Waals surface area contributed by atoms with Crippen LogP contribution in [0, 0.1) is 11.3 Å². The Morgan fingerprint density at radius 3 is 2.47 bits per heavy atom. The Hall–Kier alpha value is -2.45. The summed E-state index contributed by atoms with van der Waals surface area (Å²) in [7, 11) is 0. The summed E-state index contributed by atoms with van der Waals surface area (Å²) in [4.78, 5) is 7.81. The highest BCUT2D eigenvalue weighted by Gasteiger charge is 2.00. The van der Waals surface area contributed by atoms with Crippen molar-refractivity contribution in [2.45, 2.75) is 6.54 Å². The largest absolute Gasteiger partial charge is 0.438 e. The number of nitriles is 1. The fraction of sp³-hybridized carbons (Fsp3) is 0.0833. The fourth-order valence-electron chi connectivity index (χ4n) is 1.24. The van der Waals surface area contributed by atoms with Crippen LogP contribution < -0.4 is 10.5 Å². The van der Waals surface area contributed by atoms with Crippen LogP contribution in [0.1, 0.15) is 11.3 Å². The van der Waals surface area contributed by atoms with Crippen molar-refractivity contribution in [2.75, 3.05) is 0 Å². The molecule has 0 fully saturated rings. The highest BCUT2D eigenvalue weighted by molar-refractivity contribution is 5.30. The zero-order valence-electron chi connectivity index (χ0n) is 9.00. The lowest BCUT2D eigenvalue weighted by Crippen LogP contribution is -1.96. The molecule has 0 unspecified atom stereocenters. The van der Waals surface area contributed by atoms with Gasteiger partial charge in [-0.1, -0.05) is 12.1 Å². The van der Waals surface area contributed by atoms with E-state index in [1.54, 1.807) is 0 Å². The first kappa shape index (κ1) is 11.0. The minimum atomic E-state index is 0.260. The number of benzene rings is 1. The molecule has 2 aromatic rings. The molecule has 84 valence electrons. The van der Waals surface area contributed by atoms with Gasteiger partial charge >= 0.3 is 0 Å². The molecular weight excluding hydrogens is 216 g/mol. The molecule has 5 heteroatoms. The van der Waals surface area contributed by atoms with Crippen LogP contribution in [0.2, 0.25) is 0 Å². The van der Waals surface area contributed by atoms with Crippen LogP contribution in [0.15, 0.2) is 36.7 Å². The summed E-state index contributed by atoms with van der Waals surface area (Å²) in [6.45, 7) is 0.497. The number of nitrogens with zero attached hydrogens (tertiary/aromatic N) is 3. The van der Waals surface area contributed by atoms with E-state index in [0.29, 0.717) is 18.2 Å². The first-order chi connectivity index (χ1) is 8.31. The topological polar surface area (TPSA) is 84.8 Å². The Morgan fingerprint density at radius 2 is 1.94 bits per heavy atom. The lowest BCUT2D eigenvalue weighted by Gasteiger charge is -2.04. The molecule has 0 amide bonds. The average molecular weight is 226 g/mol. The summed E-state index contributed by atoms with van der Waals surface area (Å²) in [5.74, 6) is 1.01. The number of hydrogen-bond donors (Lipinski definition) is 1. The van der Waals surface area contributed by atoms with E-state index in [2.05, 4.69) is 9.97 Å². The Labute approximate surface area is 98.5 Å².